The summed E-state index contributed by atoms with van der Waals surface area (Å²) >= 11 is 0. The molecule has 0 unspecified atom stereocenters. The minimum absolute atomic E-state index is 0.114. The largest absolute Gasteiger partial charge is 0.463 e. The van der Waals surface area contributed by atoms with E-state index in [-0.39, 0.29) is 12.3 Å². The number of halogens is 1. The van der Waals surface area contributed by atoms with Gasteiger partial charge in [-0.25, -0.2) is 17.5 Å². The van der Waals surface area contributed by atoms with Gasteiger partial charge in [-0.05, 0) is 41.5 Å². The number of benzene rings is 1. The topological polar surface area (TPSA) is 72.2 Å². The summed E-state index contributed by atoms with van der Waals surface area (Å²) in [6.07, 6.45) is 3.15. The van der Waals surface area contributed by atoms with E-state index >= 15 is 0 Å². The van der Waals surface area contributed by atoms with Gasteiger partial charge in [-0.15, -0.1) is 0 Å². The van der Waals surface area contributed by atoms with Gasteiger partial charge >= 0.3 is 0 Å². The molecule has 0 aliphatic rings. The molecule has 1 N–H and O–H groups in total. The van der Waals surface area contributed by atoms with Crippen molar-refractivity contribution in [2.45, 2.75) is 12.3 Å². The summed E-state index contributed by atoms with van der Waals surface area (Å²) in [6, 6.07) is 12.6. The molecule has 0 amide bonds. The molecule has 24 heavy (non-hydrogen) atoms. The third kappa shape index (κ3) is 4.27. The fourth-order valence-electron chi connectivity index (χ4n) is 2.19. The Morgan fingerprint density at radius 1 is 1.08 bits per heavy atom. The Kier molecular flexibility index (Phi) is 4.73. The minimum Gasteiger partial charge on any atom is -0.463 e. The zero-order chi connectivity index (χ0) is 17.0. The summed E-state index contributed by atoms with van der Waals surface area (Å²) in [5.74, 6) is -0.0866. The Labute approximate surface area is 139 Å². The molecule has 0 aliphatic carbocycles. The molecule has 7 heteroatoms. The molecule has 3 rings (SSSR count). The van der Waals surface area contributed by atoms with E-state index in [0.29, 0.717) is 22.6 Å². The molecule has 3 aromatic rings. The minimum atomic E-state index is -3.57. The van der Waals surface area contributed by atoms with Crippen LogP contribution in [-0.2, 0) is 22.3 Å². The van der Waals surface area contributed by atoms with Crippen molar-refractivity contribution in [3.63, 3.8) is 0 Å². The standard InChI is InChI=1S/C17H15FN2O3S/c18-15-4-1-3-13(9-15)12-24(21,22)20-11-14-6-7-16(19-10-14)17-5-2-8-23-17/h1-10,20H,11-12H2. The van der Waals surface area contributed by atoms with E-state index in [0.717, 1.165) is 0 Å². The first-order valence-corrected chi connectivity index (χ1v) is 8.88. The number of pyridine rings is 1. The molecular formula is C17H15FN2O3S. The Bertz CT molecular complexity index is 907. The third-order valence-corrected chi connectivity index (χ3v) is 4.64. The molecular weight excluding hydrogens is 331 g/mol. The van der Waals surface area contributed by atoms with Gasteiger partial charge in [0, 0.05) is 12.7 Å². The average Bonchev–Trinajstić information content (AvgIpc) is 3.08. The summed E-state index contributed by atoms with van der Waals surface area (Å²) in [4.78, 5) is 4.24. The fourth-order valence-corrected chi connectivity index (χ4v) is 3.30. The Hall–Kier alpha value is -2.51. The second-order valence-electron chi connectivity index (χ2n) is 5.24. The van der Waals surface area contributed by atoms with Crippen LogP contribution in [0.25, 0.3) is 11.5 Å². The van der Waals surface area contributed by atoms with E-state index in [4.69, 9.17) is 4.42 Å². The number of furan rings is 1. The van der Waals surface area contributed by atoms with Gasteiger partial charge < -0.3 is 4.42 Å². The number of sulfonamides is 1. The van der Waals surface area contributed by atoms with Crippen molar-refractivity contribution in [3.05, 3.63) is 77.9 Å². The highest BCUT2D eigenvalue weighted by Gasteiger charge is 2.12. The summed E-state index contributed by atoms with van der Waals surface area (Å²) < 4.78 is 45.0. The smallest absolute Gasteiger partial charge is 0.216 e. The lowest BCUT2D eigenvalue weighted by Gasteiger charge is -2.07. The van der Waals surface area contributed by atoms with Crippen LogP contribution in [0.3, 0.4) is 0 Å². The van der Waals surface area contributed by atoms with E-state index < -0.39 is 15.8 Å². The van der Waals surface area contributed by atoms with E-state index in [1.807, 2.05) is 0 Å². The molecule has 0 saturated heterocycles. The normalized spacial score (nSPS) is 11.5. The van der Waals surface area contributed by atoms with Gasteiger partial charge in [0.1, 0.15) is 11.5 Å². The van der Waals surface area contributed by atoms with Crippen molar-refractivity contribution in [1.29, 1.82) is 0 Å². The second kappa shape index (κ2) is 6.94. The van der Waals surface area contributed by atoms with E-state index in [9.17, 15) is 12.8 Å². The van der Waals surface area contributed by atoms with Crippen LogP contribution in [0, 0.1) is 5.82 Å². The first-order chi connectivity index (χ1) is 11.5. The van der Waals surface area contributed by atoms with Crippen LogP contribution in [-0.4, -0.2) is 13.4 Å². The quantitative estimate of drug-likeness (QED) is 0.744. The van der Waals surface area contributed by atoms with Crippen molar-refractivity contribution in [1.82, 2.24) is 9.71 Å². The molecule has 2 aromatic heterocycles. The van der Waals surface area contributed by atoms with Crippen LogP contribution in [0.15, 0.2) is 65.4 Å². The van der Waals surface area contributed by atoms with Gasteiger partial charge in [0.2, 0.25) is 10.0 Å². The van der Waals surface area contributed by atoms with Crippen molar-refractivity contribution < 1.29 is 17.2 Å². The lowest BCUT2D eigenvalue weighted by atomic mass is 10.2. The zero-order valence-electron chi connectivity index (χ0n) is 12.6. The van der Waals surface area contributed by atoms with Crippen LogP contribution in [0.2, 0.25) is 0 Å². The molecule has 1 aromatic carbocycles. The maximum atomic E-state index is 13.1. The third-order valence-electron chi connectivity index (χ3n) is 3.34. The molecule has 2 heterocycles. The first kappa shape index (κ1) is 16.4. The van der Waals surface area contributed by atoms with Crippen molar-refractivity contribution in [2.24, 2.45) is 0 Å². The van der Waals surface area contributed by atoms with Crippen LogP contribution in [0.5, 0.6) is 0 Å². The van der Waals surface area contributed by atoms with Gasteiger partial charge in [-0.1, -0.05) is 18.2 Å². The van der Waals surface area contributed by atoms with E-state index in [1.165, 1.54) is 18.2 Å². The summed E-state index contributed by atoms with van der Waals surface area (Å²) in [6.45, 7) is 0.114. The van der Waals surface area contributed by atoms with Crippen LogP contribution >= 0.6 is 0 Å². The van der Waals surface area contributed by atoms with Gasteiger partial charge in [0.05, 0.1) is 12.0 Å². The predicted octanol–water partition coefficient (Wildman–Crippen LogP) is 3.10. The molecule has 0 saturated carbocycles. The highest BCUT2D eigenvalue weighted by Crippen LogP contribution is 2.17. The molecule has 124 valence electrons. The number of nitrogens with one attached hydrogen (secondary N) is 1. The van der Waals surface area contributed by atoms with Crippen molar-refractivity contribution in [2.75, 3.05) is 0 Å². The van der Waals surface area contributed by atoms with E-state index in [2.05, 4.69) is 9.71 Å². The monoisotopic (exact) mass is 346 g/mol. The van der Waals surface area contributed by atoms with Crippen molar-refractivity contribution in [3.8, 4) is 11.5 Å². The molecule has 0 fully saturated rings. The SMILES string of the molecule is O=S(=O)(Cc1cccc(F)c1)NCc1ccc(-c2ccco2)nc1. The average molecular weight is 346 g/mol. The molecule has 0 spiro atoms. The lowest BCUT2D eigenvalue weighted by molar-refractivity contribution is 0.578. The molecule has 0 aliphatic heterocycles. The highest BCUT2D eigenvalue weighted by molar-refractivity contribution is 7.88. The second-order valence-corrected chi connectivity index (χ2v) is 7.05. The Morgan fingerprint density at radius 2 is 1.96 bits per heavy atom. The maximum absolute atomic E-state index is 13.1. The van der Waals surface area contributed by atoms with Gasteiger partial charge in [-0.3, -0.25) is 4.98 Å². The van der Waals surface area contributed by atoms with Crippen LogP contribution in [0.1, 0.15) is 11.1 Å². The Morgan fingerprint density at radius 3 is 2.62 bits per heavy atom. The molecule has 0 bridgehead atoms. The summed E-state index contributed by atoms with van der Waals surface area (Å²) in [5, 5.41) is 0. The number of hydrogen-bond acceptors (Lipinski definition) is 4. The maximum Gasteiger partial charge on any atom is 0.216 e. The number of aromatic nitrogens is 1. The first-order valence-electron chi connectivity index (χ1n) is 7.22. The van der Waals surface area contributed by atoms with Gasteiger partial charge in [0.25, 0.3) is 0 Å². The number of hydrogen-bond donors (Lipinski definition) is 1. The highest BCUT2D eigenvalue weighted by atomic mass is 32.2. The van der Waals surface area contributed by atoms with Crippen LogP contribution < -0.4 is 4.72 Å². The van der Waals surface area contributed by atoms with E-state index in [1.54, 1.807) is 42.8 Å². The van der Waals surface area contributed by atoms with Gasteiger partial charge in [0.15, 0.2) is 5.76 Å². The number of rotatable bonds is 6. The zero-order valence-corrected chi connectivity index (χ0v) is 13.5. The Balaban J connectivity index is 1.62. The molecule has 5 nitrogen and oxygen atoms in total. The predicted molar refractivity (Wildman–Crippen MR) is 87.8 cm³/mol. The van der Waals surface area contributed by atoms with Crippen molar-refractivity contribution >= 4 is 10.0 Å². The lowest BCUT2D eigenvalue weighted by Crippen LogP contribution is -2.24. The fraction of sp³-hybridized carbons (Fsp3) is 0.118. The molecule has 0 radical (unpaired) electrons. The van der Waals surface area contributed by atoms with Crippen LogP contribution in [0.4, 0.5) is 4.39 Å². The number of nitrogens with zero attached hydrogens (tertiary/aromatic N) is 1. The summed E-state index contributed by atoms with van der Waals surface area (Å²) in [5.41, 5.74) is 1.79. The summed E-state index contributed by atoms with van der Waals surface area (Å²) in [7, 11) is -3.57. The molecule has 0 atom stereocenters. The van der Waals surface area contributed by atoms with Gasteiger partial charge in [-0.2, -0.15) is 0 Å².